The van der Waals surface area contributed by atoms with Crippen molar-refractivity contribution in [1.82, 2.24) is 4.90 Å². The molecule has 1 atom stereocenters. The van der Waals surface area contributed by atoms with Crippen LogP contribution in [0.15, 0.2) is 97.1 Å². The molecule has 5 rings (SSSR count). The first-order valence-corrected chi connectivity index (χ1v) is 14.2. The minimum Gasteiger partial charge on any atom is -0.378 e. The highest BCUT2D eigenvalue weighted by Crippen LogP contribution is 2.31. The number of carbonyl (C=O) groups excluding carboxylic acids is 4. The molecule has 0 saturated heterocycles. The zero-order valence-corrected chi connectivity index (χ0v) is 25.0. The van der Waals surface area contributed by atoms with Crippen LogP contribution in [0.3, 0.4) is 0 Å². The van der Waals surface area contributed by atoms with Crippen molar-refractivity contribution < 1.29 is 19.2 Å². The molecule has 1 unspecified atom stereocenters. The average Bonchev–Trinajstić information content (AvgIpc) is 3.23. The Hall–Kier alpha value is -4.66. The number of para-hydroxylation sites is 1. The molecule has 4 aromatic carbocycles. The van der Waals surface area contributed by atoms with Crippen LogP contribution in [0.5, 0.6) is 0 Å². The maximum absolute atomic E-state index is 14.2. The fourth-order valence-electron chi connectivity index (χ4n) is 4.91. The van der Waals surface area contributed by atoms with Crippen molar-refractivity contribution in [2.75, 3.05) is 35.8 Å². The second kappa shape index (κ2) is 12.7. The summed E-state index contributed by atoms with van der Waals surface area (Å²) in [5.41, 5.74) is 3.31. The van der Waals surface area contributed by atoms with Crippen LogP contribution >= 0.6 is 23.2 Å². The van der Waals surface area contributed by atoms with E-state index >= 15 is 0 Å². The summed E-state index contributed by atoms with van der Waals surface area (Å²) in [6.45, 7) is -0.419. The minimum absolute atomic E-state index is 0.0217. The third kappa shape index (κ3) is 6.56. The summed E-state index contributed by atoms with van der Waals surface area (Å²) < 4.78 is 0. The van der Waals surface area contributed by atoms with Crippen molar-refractivity contribution in [2.45, 2.75) is 12.6 Å². The standard InChI is InChI=1S/C33H28Cl2N4O4/c1-37(2)26-17-15-25(16-18-26)36-32(42)30(22-9-13-24(35)14-10-22)39(19-21-7-11-23(34)12-8-21)29(40)20-38-28-6-4-3-5-27(28)31(41)33(38)43/h3-18,30H,19-20H2,1-2H3,(H,36,42). The van der Waals surface area contributed by atoms with Crippen LogP contribution in [0.25, 0.3) is 0 Å². The highest BCUT2D eigenvalue weighted by Gasteiger charge is 2.39. The Bertz CT molecular complexity index is 1670. The zero-order valence-electron chi connectivity index (χ0n) is 23.5. The summed E-state index contributed by atoms with van der Waals surface area (Å²) in [4.78, 5) is 58.3. The summed E-state index contributed by atoms with van der Waals surface area (Å²) in [5.74, 6) is -2.48. The quantitative estimate of drug-likeness (QED) is 0.234. The molecule has 218 valence electrons. The van der Waals surface area contributed by atoms with Gasteiger partial charge in [-0.1, -0.05) is 59.6 Å². The van der Waals surface area contributed by atoms with Crippen molar-refractivity contribution in [3.8, 4) is 0 Å². The molecule has 3 amide bonds. The Morgan fingerprint density at radius 3 is 2.05 bits per heavy atom. The zero-order chi connectivity index (χ0) is 30.7. The molecule has 4 aromatic rings. The first kappa shape index (κ1) is 29.8. The van der Waals surface area contributed by atoms with Crippen LogP contribution < -0.4 is 15.1 Å². The van der Waals surface area contributed by atoms with Crippen LogP contribution in [0.4, 0.5) is 17.1 Å². The fourth-order valence-corrected chi connectivity index (χ4v) is 5.16. The molecule has 0 bridgehead atoms. The van der Waals surface area contributed by atoms with Crippen molar-refractivity contribution in [3.63, 3.8) is 0 Å². The van der Waals surface area contributed by atoms with Gasteiger partial charge in [0.2, 0.25) is 5.91 Å². The number of rotatable bonds is 9. The Morgan fingerprint density at radius 1 is 0.814 bits per heavy atom. The van der Waals surface area contributed by atoms with E-state index in [4.69, 9.17) is 23.2 Å². The molecular formula is C33H28Cl2N4O4. The number of nitrogens with zero attached hydrogens (tertiary/aromatic N) is 3. The number of benzene rings is 4. The largest absolute Gasteiger partial charge is 0.378 e. The van der Waals surface area contributed by atoms with Gasteiger partial charge >= 0.3 is 0 Å². The third-order valence-corrected chi connectivity index (χ3v) is 7.66. The van der Waals surface area contributed by atoms with Gasteiger partial charge in [-0.25, -0.2) is 0 Å². The number of carbonyl (C=O) groups is 4. The summed E-state index contributed by atoms with van der Waals surface area (Å²) in [6.07, 6.45) is 0. The van der Waals surface area contributed by atoms with E-state index in [0.717, 1.165) is 10.6 Å². The SMILES string of the molecule is CN(C)c1ccc(NC(=O)C(c2ccc(Cl)cc2)N(Cc2ccc(Cl)cc2)C(=O)CN2C(=O)C(=O)c3ccccc32)cc1. The van der Waals surface area contributed by atoms with Gasteiger partial charge in [0, 0.05) is 42.1 Å². The van der Waals surface area contributed by atoms with Crippen molar-refractivity contribution in [3.05, 3.63) is 124 Å². The van der Waals surface area contributed by atoms with E-state index < -0.39 is 36.1 Å². The molecular weight excluding hydrogens is 587 g/mol. The van der Waals surface area contributed by atoms with Crippen LogP contribution in [-0.2, 0) is 20.9 Å². The summed E-state index contributed by atoms with van der Waals surface area (Å²) in [6, 6.07) is 26.3. The second-order valence-electron chi connectivity index (χ2n) is 10.3. The minimum atomic E-state index is -1.11. The van der Waals surface area contributed by atoms with Gasteiger partial charge in [0.15, 0.2) is 0 Å². The summed E-state index contributed by atoms with van der Waals surface area (Å²) >= 11 is 12.3. The number of halogens is 2. The van der Waals surface area contributed by atoms with Gasteiger partial charge in [-0.15, -0.1) is 0 Å². The van der Waals surface area contributed by atoms with Gasteiger partial charge in [-0.3, -0.25) is 24.1 Å². The Labute approximate surface area is 259 Å². The number of fused-ring (bicyclic) bond motifs is 1. The number of nitrogens with one attached hydrogen (secondary N) is 1. The Balaban J connectivity index is 1.53. The molecule has 0 aliphatic carbocycles. The van der Waals surface area contributed by atoms with E-state index in [1.807, 2.05) is 31.1 Å². The number of anilines is 3. The smallest absolute Gasteiger partial charge is 0.299 e. The summed E-state index contributed by atoms with van der Waals surface area (Å²) in [7, 11) is 3.84. The van der Waals surface area contributed by atoms with E-state index in [0.29, 0.717) is 32.5 Å². The first-order valence-electron chi connectivity index (χ1n) is 13.4. The second-order valence-corrected chi connectivity index (χ2v) is 11.1. The van der Waals surface area contributed by atoms with Crippen LogP contribution in [0.2, 0.25) is 10.0 Å². The highest BCUT2D eigenvalue weighted by atomic mass is 35.5. The molecule has 1 aliphatic heterocycles. The van der Waals surface area contributed by atoms with Crippen molar-refractivity contribution in [1.29, 1.82) is 0 Å². The molecule has 10 heteroatoms. The molecule has 0 aromatic heterocycles. The predicted octanol–water partition coefficient (Wildman–Crippen LogP) is 6.00. The van der Waals surface area contributed by atoms with E-state index in [1.54, 1.807) is 84.9 Å². The first-order chi connectivity index (χ1) is 20.6. The molecule has 0 fully saturated rings. The lowest BCUT2D eigenvalue weighted by atomic mass is 10.0. The molecule has 1 N–H and O–H groups in total. The average molecular weight is 616 g/mol. The molecule has 8 nitrogen and oxygen atoms in total. The van der Waals surface area contributed by atoms with Crippen molar-refractivity contribution in [2.24, 2.45) is 0 Å². The molecule has 43 heavy (non-hydrogen) atoms. The number of hydrogen-bond donors (Lipinski definition) is 1. The van der Waals surface area contributed by atoms with Gasteiger partial charge < -0.3 is 15.1 Å². The van der Waals surface area contributed by atoms with E-state index in [1.165, 1.54) is 4.90 Å². The number of ketones is 1. The normalized spacial score (nSPS) is 13.0. The monoisotopic (exact) mass is 614 g/mol. The van der Waals surface area contributed by atoms with Gasteiger partial charge in [0.05, 0.1) is 11.3 Å². The Kier molecular flexibility index (Phi) is 8.80. The maximum Gasteiger partial charge on any atom is 0.299 e. The van der Waals surface area contributed by atoms with Gasteiger partial charge in [0.1, 0.15) is 12.6 Å². The maximum atomic E-state index is 14.2. The third-order valence-electron chi connectivity index (χ3n) is 7.16. The lowest BCUT2D eigenvalue weighted by Gasteiger charge is -2.33. The van der Waals surface area contributed by atoms with Crippen molar-refractivity contribution >= 4 is 63.8 Å². The Morgan fingerprint density at radius 2 is 1.42 bits per heavy atom. The van der Waals surface area contributed by atoms with E-state index in [-0.39, 0.29) is 12.1 Å². The summed E-state index contributed by atoms with van der Waals surface area (Å²) in [5, 5.41) is 3.93. The van der Waals surface area contributed by atoms with E-state index in [9.17, 15) is 19.2 Å². The predicted molar refractivity (Wildman–Crippen MR) is 169 cm³/mol. The van der Waals surface area contributed by atoms with E-state index in [2.05, 4.69) is 5.32 Å². The van der Waals surface area contributed by atoms with Crippen LogP contribution in [-0.4, -0.2) is 49.0 Å². The molecule has 1 aliphatic rings. The molecule has 0 radical (unpaired) electrons. The van der Waals surface area contributed by atoms with Gasteiger partial charge in [-0.05, 0) is 71.8 Å². The molecule has 0 spiro atoms. The van der Waals surface area contributed by atoms with Crippen LogP contribution in [0, 0.1) is 0 Å². The lowest BCUT2D eigenvalue weighted by Crippen LogP contribution is -2.46. The number of hydrogen-bond acceptors (Lipinski definition) is 5. The number of amides is 3. The highest BCUT2D eigenvalue weighted by molar-refractivity contribution is 6.52. The van der Waals surface area contributed by atoms with Gasteiger partial charge in [0.25, 0.3) is 17.6 Å². The van der Waals surface area contributed by atoms with Crippen LogP contribution in [0.1, 0.15) is 27.5 Å². The lowest BCUT2D eigenvalue weighted by molar-refractivity contribution is -0.139. The molecule has 0 saturated carbocycles. The topological polar surface area (TPSA) is 90.0 Å². The van der Waals surface area contributed by atoms with Gasteiger partial charge in [-0.2, -0.15) is 0 Å². The number of Topliss-reactive ketones (excluding diaryl/α,β-unsaturated/α-hetero) is 1. The molecule has 1 heterocycles. The fraction of sp³-hybridized carbons (Fsp3) is 0.152.